The second-order valence-corrected chi connectivity index (χ2v) is 7.13. The maximum absolute atomic E-state index is 12.1. The largest absolute Gasteiger partial charge is 0.330 e. The number of rotatable bonds is 7. The van der Waals surface area contributed by atoms with Gasteiger partial charge in [0.25, 0.3) is 10.2 Å². The summed E-state index contributed by atoms with van der Waals surface area (Å²) < 4.78 is 28.0. The summed E-state index contributed by atoms with van der Waals surface area (Å²) in [5, 5.41) is 0.936. The molecule has 0 saturated carbocycles. The summed E-state index contributed by atoms with van der Waals surface area (Å²) in [5.41, 5.74) is 6.05. The third-order valence-corrected chi connectivity index (χ3v) is 5.06. The van der Waals surface area contributed by atoms with Crippen LogP contribution >= 0.6 is 23.2 Å². The van der Waals surface area contributed by atoms with Gasteiger partial charge < -0.3 is 5.73 Å². The van der Waals surface area contributed by atoms with Crippen molar-refractivity contribution >= 4 is 33.4 Å². The minimum Gasteiger partial charge on any atom is -0.330 e. The number of hydrogen-bond acceptors (Lipinski definition) is 3. The minimum absolute atomic E-state index is 0.368. The highest BCUT2D eigenvalue weighted by atomic mass is 35.5. The molecule has 5 nitrogen and oxygen atoms in total. The molecule has 0 heterocycles. The van der Waals surface area contributed by atoms with Crippen LogP contribution in [-0.2, 0) is 10.2 Å². The molecule has 1 atom stereocenters. The predicted molar refractivity (Wildman–Crippen MR) is 83.2 cm³/mol. The fourth-order valence-corrected chi connectivity index (χ4v) is 3.36. The SMILES string of the molecule is CC(NS(=O)(=O)N(C)CCCN)c1ccc(Cl)cc1Cl. The van der Waals surface area contributed by atoms with Crippen LogP contribution in [0.4, 0.5) is 0 Å². The summed E-state index contributed by atoms with van der Waals surface area (Å²) in [5.74, 6) is 0. The highest BCUT2D eigenvalue weighted by Crippen LogP contribution is 2.26. The molecule has 1 aromatic carbocycles. The van der Waals surface area contributed by atoms with Crippen LogP contribution in [0.3, 0.4) is 0 Å². The van der Waals surface area contributed by atoms with Crippen LogP contribution in [0.2, 0.25) is 10.0 Å². The predicted octanol–water partition coefficient (Wildman–Crippen LogP) is 2.17. The number of nitrogens with zero attached hydrogens (tertiary/aromatic N) is 1. The zero-order chi connectivity index (χ0) is 15.3. The van der Waals surface area contributed by atoms with Gasteiger partial charge >= 0.3 is 0 Å². The highest BCUT2D eigenvalue weighted by Gasteiger charge is 2.21. The Balaban J connectivity index is 2.81. The lowest BCUT2D eigenvalue weighted by Gasteiger charge is -2.21. The van der Waals surface area contributed by atoms with Gasteiger partial charge in [0.05, 0.1) is 0 Å². The Morgan fingerprint density at radius 3 is 2.60 bits per heavy atom. The fourth-order valence-electron chi connectivity index (χ4n) is 1.66. The minimum atomic E-state index is -3.57. The Morgan fingerprint density at radius 2 is 2.05 bits per heavy atom. The van der Waals surface area contributed by atoms with Crippen LogP contribution in [0.5, 0.6) is 0 Å². The van der Waals surface area contributed by atoms with Gasteiger partial charge in [-0.25, -0.2) is 0 Å². The maximum Gasteiger partial charge on any atom is 0.279 e. The number of halogens is 2. The van der Waals surface area contributed by atoms with Crippen molar-refractivity contribution in [3.63, 3.8) is 0 Å². The molecule has 0 aliphatic carbocycles. The average Bonchev–Trinajstić information content (AvgIpc) is 2.34. The van der Waals surface area contributed by atoms with Gasteiger partial charge in [-0.2, -0.15) is 17.4 Å². The van der Waals surface area contributed by atoms with Crippen LogP contribution in [0, 0.1) is 0 Å². The molecule has 0 aliphatic rings. The smallest absolute Gasteiger partial charge is 0.279 e. The van der Waals surface area contributed by atoms with Gasteiger partial charge in [-0.1, -0.05) is 29.3 Å². The van der Waals surface area contributed by atoms with Gasteiger partial charge in [0.1, 0.15) is 0 Å². The fraction of sp³-hybridized carbons (Fsp3) is 0.500. The molecule has 1 unspecified atom stereocenters. The van der Waals surface area contributed by atoms with Crippen LogP contribution in [0.25, 0.3) is 0 Å². The summed E-state index contributed by atoms with van der Waals surface area (Å²) in [6.45, 7) is 2.54. The Kier molecular flexibility index (Phi) is 6.71. The van der Waals surface area contributed by atoms with Crippen LogP contribution in [-0.4, -0.2) is 32.9 Å². The molecule has 20 heavy (non-hydrogen) atoms. The van der Waals surface area contributed by atoms with Crippen molar-refractivity contribution in [1.29, 1.82) is 0 Å². The van der Waals surface area contributed by atoms with Crippen molar-refractivity contribution in [2.45, 2.75) is 19.4 Å². The van der Waals surface area contributed by atoms with Gasteiger partial charge in [0, 0.05) is 29.7 Å². The van der Waals surface area contributed by atoms with E-state index < -0.39 is 16.3 Å². The van der Waals surface area contributed by atoms with Crippen molar-refractivity contribution in [1.82, 2.24) is 9.03 Å². The number of benzene rings is 1. The monoisotopic (exact) mass is 339 g/mol. The van der Waals surface area contributed by atoms with E-state index in [0.717, 1.165) is 0 Å². The zero-order valence-corrected chi connectivity index (χ0v) is 13.8. The first-order valence-corrected chi connectivity index (χ1v) is 8.36. The molecule has 3 N–H and O–H groups in total. The standard InChI is InChI=1S/C12H19Cl2N3O2S/c1-9(11-5-4-10(13)8-12(11)14)16-20(18,19)17(2)7-3-6-15/h4-5,8-9,16H,3,6-7,15H2,1-2H3. The van der Waals surface area contributed by atoms with Crippen molar-refractivity contribution in [2.24, 2.45) is 5.73 Å². The molecule has 0 spiro atoms. The van der Waals surface area contributed by atoms with E-state index in [-0.39, 0.29) is 0 Å². The quantitative estimate of drug-likeness (QED) is 0.799. The molecule has 8 heteroatoms. The van der Waals surface area contributed by atoms with Crippen molar-refractivity contribution in [3.8, 4) is 0 Å². The van der Waals surface area contributed by atoms with Gasteiger partial charge in [-0.05, 0) is 37.6 Å². The summed E-state index contributed by atoms with van der Waals surface area (Å²) in [4.78, 5) is 0. The molecule has 0 aromatic heterocycles. The molecule has 1 rings (SSSR count). The van der Waals surface area contributed by atoms with E-state index in [1.807, 2.05) is 0 Å². The molecule has 0 bridgehead atoms. The first-order valence-electron chi connectivity index (χ1n) is 6.16. The van der Waals surface area contributed by atoms with Gasteiger partial charge in [-0.3, -0.25) is 0 Å². The summed E-state index contributed by atoms with van der Waals surface area (Å²) in [6.07, 6.45) is 0.605. The number of nitrogens with two attached hydrogens (primary N) is 1. The molecule has 0 saturated heterocycles. The third-order valence-electron chi connectivity index (χ3n) is 2.84. The summed E-state index contributed by atoms with van der Waals surface area (Å²) >= 11 is 11.9. The molecular weight excluding hydrogens is 321 g/mol. The van der Waals surface area contributed by atoms with Crippen LogP contribution in [0.15, 0.2) is 18.2 Å². The lowest BCUT2D eigenvalue weighted by atomic mass is 10.1. The summed E-state index contributed by atoms with van der Waals surface area (Å²) in [6, 6.07) is 4.51. The van der Waals surface area contributed by atoms with Crippen molar-refractivity contribution in [3.05, 3.63) is 33.8 Å². The van der Waals surface area contributed by atoms with E-state index >= 15 is 0 Å². The van der Waals surface area contributed by atoms with Crippen LogP contribution < -0.4 is 10.5 Å². The maximum atomic E-state index is 12.1. The van der Waals surface area contributed by atoms with E-state index in [1.54, 1.807) is 25.1 Å². The van der Waals surface area contributed by atoms with Crippen LogP contribution in [0.1, 0.15) is 24.9 Å². The van der Waals surface area contributed by atoms with E-state index in [2.05, 4.69) is 4.72 Å². The van der Waals surface area contributed by atoms with E-state index in [9.17, 15) is 8.42 Å². The number of nitrogens with one attached hydrogen (secondary N) is 1. The van der Waals surface area contributed by atoms with Gasteiger partial charge in [0.15, 0.2) is 0 Å². The zero-order valence-electron chi connectivity index (χ0n) is 11.4. The lowest BCUT2D eigenvalue weighted by molar-refractivity contribution is 0.446. The molecule has 0 amide bonds. The first kappa shape index (κ1) is 17.7. The number of hydrogen-bond donors (Lipinski definition) is 2. The first-order chi connectivity index (χ1) is 9.27. The molecule has 0 radical (unpaired) electrons. The highest BCUT2D eigenvalue weighted by molar-refractivity contribution is 7.87. The average molecular weight is 340 g/mol. The Hall–Kier alpha value is -0.370. The van der Waals surface area contributed by atoms with Crippen molar-refractivity contribution in [2.75, 3.05) is 20.1 Å². The molecule has 0 aliphatic heterocycles. The second-order valence-electron chi connectivity index (χ2n) is 4.47. The lowest BCUT2D eigenvalue weighted by Crippen LogP contribution is -2.40. The molecule has 1 aromatic rings. The second kappa shape index (κ2) is 7.59. The van der Waals surface area contributed by atoms with E-state index in [0.29, 0.717) is 35.1 Å². The molecule has 0 fully saturated rings. The topological polar surface area (TPSA) is 75.4 Å². The summed E-state index contributed by atoms with van der Waals surface area (Å²) in [7, 11) is -2.06. The molecule has 114 valence electrons. The van der Waals surface area contributed by atoms with E-state index in [1.165, 1.54) is 11.4 Å². The Labute approximate surface area is 130 Å². The van der Waals surface area contributed by atoms with Gasteiger partial charge in [0.2, 0.25) is 0 Å². The third kappa shape index (κ3) is 4.87. The van der Waals surface area contributed by atoms with Gasteiger partial charge in [-0.15, -0.1) is 0 Å². The van der Waals surface area contributed by atoms with E-state index in [4.69, 9.17) is 28.9 Å². The Morgan fingerprint density at radius 1 is 1.40 bits per heavy atom. The molecular formula is C12H19Cl2N3O2S. The normalized spacial score (nSPS) is 13.7. The Bertz CT molecular complexity index is 552. The van der Waals surface area contributed by atoms with Crippen molar-refractivity contribution < 1.29 is 8.42 Å².